The molecule has 1 aromatic heterocycles. The lowest BCUT2D eigenvalue weighted by Crippen LogP contribution is -2.24. The predicted octanol–water partition coefficient (Wildman–Crippen LogP) is 4.22. The van der Waals surface area contributed by atoms with Crippen molar-refractivity contribution in [2.75, 3.05) is 5.32 Å². The van der Waals surface area contributed by atoms with Gasteiger partial charge in [-0.15, -0.1) is 0 Å². The van der Waals surface area contributed by atoms with Gasteiger partial charge in [0.1, 0.15) is 5.03 Å². The molecule has 6 heteroatoms. The number of aryl methyl sites for hydroxylation is 2. The zero-order valence-corrected chi connectivity index (χ0v) is 17.0. The van der Waals surface area contributed by atoms with Crippen LogP contribution in [0.5, 0.6) is 0 Å². The molecule has 0 unspecified atom stereocenters. The van der Waals surface area contributed by atoms with Crippen molar-refractivity contribution in [2.45, 2.75) is 37.5 Å². The Morgan fingerprint density at radius 2 is 1.89 bits per heavy atom. The third kappa shape index (κ3) is 4.89. The van der Waals surface area contributed by atoms with Gasteiger partial charge in [-0.3, -0.25) is 9.59 Å². The third-order valence-electron chi connectivity index (χ3n) is 4.32. The van der Waals surface area contributed by atoms with Gasteiger partial charge >= 0.3 is 0 Å². The molecule has 5 nitrogen and oxygen atoms in total. The summed E-state index contributed by atoms with van der Waals surface area (Å²) in [4.78, 5) is 24.7. The Hall–Kier alpha value is -2.86. The van der Waals surface area contributed by atoms with Crippen LogP contribution in [0.15, 0.2) is 70.5 Å². The van der Waals surface area contributed by atoms with Crippen LogP contribution >= 0.6 is 11.8 Å². The summed E-state index contributed by atoms with van der Waals surface area (Å²) in [5.41, 5.74) is 3.56. The van der Waals surface area contributed by atoms with Gasteiger partial charge in [0.15, 0.2) is 0 Å². The maximum atomic E-state index is 12.5. The summed E-state index contributed by atoms with van der Waals surface area (Å²) in [7, 11) is 0. The number of hydrogen-bond donors (Lipinski definition) is 1. The molecule has 144 valence electrons. The van der Waals surface area contributed by atoms with E-state index in [0.29, 0.717) is 10.7 Å². The molecule has 28 heavy (non-hydrogen) atoms. The first-order valence-electron chi connectivity index (χ1n) is 9.20. The minimum Gasteiger partial charge on any atom is -0.325 e. The van der Waals surface area contributed by atoms with Crippen molar-refractivity contribution >= 4 is 23.4 Å². The van der Waals surface area contributed by atoms with Crippen molar-refractivity contribution < 1.29 is 4.79 Å². The molecule has 1 amide bonds. The zero-order chi connectivity index (χ0) is 20.1. The monoisotopic (exact) mass is 393 g/mol. The number of carbonyl (C=O) groups excluding carboxylic acids is 1. The van der Waals surface area contributed by atoms with Crippen LogP contribution in [0.4, 0.5) is 5.69 Å². The van der Waals surface area contributed by atoms with Crippen molar-refractivity contribution in [1.29, 1.82) is 0 Å². The molecule has 1 N–H and O–H groups in total. The average Bonchev–Trinajstić information content (AvgIpc) is 2.70. The van der Waals surface area contributed by atoms with Crippen LogP contribution in [0, 0.1) is 6.92 Å². The standard InChI is InChI=1S/C22H23N3O2S/c1-4-17-6-5-7-18(14-17)23-22(27)16(3)28-20-12-13-21(26)25(24-20)19-10-8-15(2)9-11-19/h5-14,16H,4H2,1-3H3,(H,23,27)/t16-/m1/s1. The highest BCUT2D eigenvalue weighted by Gasteiger charge is 2.16. The molecular formula is C22H23N3O2S. The molecule has 2 aromatic carbocycles. The van der Waals surface area contributed by atoms with E-state index in [1.54, 1.807) is 6.07 Å². The fraction of sp³-hybridized carbons (Fsp3) is 0.227. The van der Waals surface area contributed by atoms with E-state index >= 15 is 0 Å². The predicted molar refractivity (Wildman–Crippen MR) is 114 cm³/mol. The second kappa shape index (κ2) is 8.89. The maximum absolute atomic E-state index is 12.5. The van der Waals surface area contributed by atoms with E-state index < -0.39 is 0 Å². The number of anilines is 1. The molecule has 1 atom stereocenters. The molecular weight excluding hydrogens is 370 g/mol. The Balaban J connectivity index is 1.73. The SMILES string of the molecule is CCc1cccc(NC(=O)[C@@H](C)Sc2ccc(=O)n(-c3ccc(C)cc3)n2)c1. The molecule has 0 radical (unpaired) electrons. The van der Waals surface area contributed by atoms with Gasteiger partial charge in [0, 0.05) is 11.8 Å². The van der Waals surface area contributed by atoms with Crippen LogP contribution in [0.3, 0.4) is 0 Å². The first-order chi connectivity index (χ1) is 13.5. The van der Waals surface area contributed by atoms with E-state index in [1.807, 2.05) is 62.4 Å². The Labute approximate surface area is 168 Å². The number of aromatic nitrogens is 2. The van der Waals surface area contributed by atoms with Gasteiger partial charge < -0.3 is 5.32 Å². The summed E-state index contributed by atoms with van der Waals surface area (Å²) in [5, 5.41) is 7.62. The van der Waals surface area contributed by atoms with Crippen molar-refractivity contribution in [3.63, 3.8) is 0 Å². The Bertz CT molecular complexity index is 1030. The molecule has 0 saturated heterocycles. The number of hydrogen-bond acceptors (Lipinski definition) is 4. The van der Waals surface area contributed by atoms with Crippen LogP contribution in [-0.2, 0) is 11.2 Å². The van der Waals surface area contributed by atoms with Gasteiger partial charge in [0.2, 0.25) is 5.91 Å². The van der Waals surface area contributed by atoms with Gasteiger partial charge in [-0.1, -0.05) is 48.5 Å². The van der Waals surface area contributed by atoms with Crippen molar-refractivity contribution in [3.05, 3.63) is 82.1 Å². The lowest BCUT2D eigenvalue weighted by atomic mass is 10.1. The fourth-order valence-corrected chi connectivity index (χ4v) is 3.48. The molecule has 3 rings (SSSR count). The summed E-state index contributed by atoms with van der Waals surface area (Å²) < 4.78 is 1.36. The first kappa shape index (κ1) is 19.9. The smallest absolute Gasteiger partial charge is 0.271 e. The van der Waals surface area contributed by atoms with E-state index in [-0.39, 0.29) is 16.7 Å². The molecule has 0 saturated carbocycles. The number of nitrogens with zero attached hydrogens (tertiary/aromatic N) is 2. The van der Waals surface area contributed by atoms with Crippen LogP contribution < -0.4 is 10.9 Å². The van der Waals surface area contributed by atoms with Gasteiger partial charge in [-0.05, 0) is 56.2 Å². The quantitative estimate of drug-likeness (QED) is 0.637. The lowest BCUT2D eigenvalue weighted by Gasteiger charge is -2.13. The van der Waals surface area contributed by atoms with Crippen molar-refractivity contribution in [3.8, 4) is 5.69 Å². The van der Waals surface area contributed by atoms with Crippen LogP contribution in [0.2, 0.25) is 0 Å². The van der Waals surface area contributed by atoms with Crippen LogP contribution in [0.25, 0.3) is 5.69 Å². The van der Waals surface area contributed by atoms with E-state index in [1.165, 1.54) is 28.1 Å². The minimum absolute atomic E-state index is 0.104. The van der Waals surface area contributed by atoms with Gasteiger partial charge in [-0.25, -0.2) is 0 Å². The molecule has 0 fully saturated rings. The molecule has 0 bridgehead atoms. The molecule has 1 heterocycles. The van der Waals surface area contributed by atoms with E-state index in [9.17, 15) is 9.59 Å². The number of rotatable bonds is 6. The highest BCUT2D eigenvalue weighted by Crippen LogP contribution is 2.22. The second-order valence-electron chi connectivity index (χ2n) is 6.56. The average molecular weight is 394 g/mol. The Morgan fingerprint density at radius 3 is 2.61 bits per heavy atom. The normalized spacial score (nSPS) is 11.8. The van der Waals surface area contributed by atoms with Crippen LogP contribution in [-0.4, -0.2) is 20.9 Å². The molecule has 0 spiro atoms. The number of carbonyl (C=O) groups is 1. The summed E-state index contributed by atoms with van der Waals surface area (Å²) in [5.74, 6) is -0.104. The fourth-order valence-electron chi connectivity index (χ4n) is 2.68. The van der Waals surface area contributed by atoms with Gasteiger partial charge in [0.05, 0.1) is 10.9 Å². The Morgan fingerprint density at radius 1 is 1.14 bits per heavy atom. The zero-order valence-electron chi connectivity index (χ0n) is 16.2. The minimum atomic E-state index is -0.359. The van der Waals surface area contributed by atoms with E-state index in [2.05, 4.69) is 17.3 Å². The van der Waals surface area contributed by atoms with Crippen LogP contribution in [0.1, 0.15) is 25.0 Å². The van der Waals surface area contributed by atoms with E-state index in [4.69, 9.17) is 0 Å². The number of thioether (sulfide) groups is 1. The summed E-state index contributed by atoms with van der Waals surface area (Å²) in [6.07, 6.45) is 0.915. The number of nitrogens with one attached hydrogen (secondary N) is 1. The molecule has 3 aromatic rings. The van der Waals surface area contributed by atoms with Gasteiger partial charge in [-0.2, -0.15) is 9.78 Å². The lowest BCUT2D eigenvalue weighted by molar-refractivity contribution is -0.115. The summed E-state index contributed by atoms with van der Waals surface area (Å²) >= 11 is 1.32. The van der Waals surface area contributed by atoms with Crippen molar-refractivity contribution in [1.82, 2.24) is 9.78 Å². The van der Waals surface area contributed by atoms with E-state index in [0.717, 1.165) is 17.7 Å². The largest absolute Gasteiger partial charge is 0.325 e. The number of amides is 1. The van der Waals surface area contributed by atoms with Crippen molar-refractivity contribution in [2.24, 2.45) is 0 Å². The summed E-state index contributed by atoms with van der Waals surface area (Å²) in [6.45, 7) is 5.89. The molecule has 0 aliphatic rings. The summed E-state index contributed by atoms with van der Waals surface area (Å²) in [6, 6.07) is 18.5. The topological polar surface area (TPSA) is 64.0 Å². The highest BCUT2D eigenvalue weighted by molar-refractivity contribution is 8.00. The molecule has 0 aliphatic heterocycles. The first-order valence-corrected chi connectivity index (χ1v) is 10.1. The maximum Gasteiger partial charge on any atom is 0.271 e. The third-order valence-corrected chi connectivity index (χ3v) is 5.35. The highest BCUT2D eigenvalue weighted by atomic mass is 32.2. The molecule has 0 aliphatic carbocycles. The second-order valence-corrected chi connectivity index (χ2v) is 7.92. The Kier molecular flexibility index (Phi) is 6.31. The van der Waals surface area contributed by atoms with Gasteiger partial charge in [0.25, 0.3) is 5.56 Å². The number of benzene rings is 2.